The monoisotopic (exact) mass is 570 g/mol. The number of methoxy groups -OCH3 is 1. The standard InChI is InChI=1S/C28H29F3N6O4/c1-37-12-9-18(10-13-37)34-24(38)17-6-7-20(22(14-17)40-2)35-27-33-15-19(28(29,30)31)26(36-27)41-21-5-3-4-16-8-11-32-25(39)23(16)21/h3-7,14-15,18H,8-13H2,1-2H3,(H,32,39)(H,34,38)(H,33,35,36). The lowest BCUT2D eigenvalue weighted by molar-refractivity contribution is -0.139. The van der Waals surface area contributed by atoms with Crippen molar-refractivity contribution in [2.24, 2.45) is 0 Å². The van der Waals surface area contributed by atoms with Crippen LogP contribution in [0.4, 0.5) is 24.8 Å². The van der Waals surface area contributed by atoms with Crippen LogP contribution in [0, 0.1) is 0 Å². The van der Waals surface area contributed by atoms with E-state index in [4.69, 9.17) is 9.47 Å². The number of carbonyl (C=O) groups excluding carboxylic acids is 2. The van der Waals surface area contributed by atoms with Gasteiger partial charge >= 0.3 is 6.18 Å². The Morgan fingerprint density at radius 2 is 1.93 bits per heavy atom. The van der Waals surface area contributed by atoms with E-state index in [1.165, 1.54) is 19.2 Å². The molecule has 0 spiro atoms. The van der Waals surface area contributed by atoms with Crippen molar-refractivity contribution in [1.29, 1.82) is 0 Å². The maximum absolute atomic E-state index is 13.8. The summed E-state index contributed by atoms with van der Waals surface area (Å²) in [5, 5.41) is 8.55. The van der Waals surface area contributed by atoms with Gasteiger partial charge in [-0.15, -0.1) is 0 Å². The topological polar surface area (TPSA) is 118 Å². The molecule has 1 saturated heterocycles. The van der Waals surface area contributed by atoms with Crippen molar-refractivity contribution in [3.05, 3.63) is 64.8 Å². The van der Waals surface area contributed by atoms with E-state index in [0.717, 1.165) is 25.9 Å². The van der Waals surface area contributed by atoms with Gasteiger partial charge in [-0.2, -0.15) is 18.2 Å². The highest BCUT2D eigenvalue weighted by Crippen LogP contribution is 2.39. The van der Waals surface area contributed by atoms with Crippen molar-refractivity contribution in [1.82, 2.24) is 25.5 Å². The molecule has 216 valence electrons. The van der Waals surface area contributed by atoms with Crippen LogP contribution in [-0.2, 0) is 12.6 Å². The first-order chi connectivity index (χ1) is 19.6. The Balaban J connectivity index is 1.39. The number of aromatic nitrogens is 2. The number of nitrogens with one attached hydrogen (secondary N) is 3. The number of hydrogen-bond acceptors (Lipinski definition) is 8. The molecule has 0 radical (unpaired) electrons. The number of hydrogen-bond donors (Lipinski definition) is 3. The summed E-state index contributed by atoms with van der Waals surface area (Å²) in [4.78, 5) is 35.3. The SMILES string of the molecule is COc1cc(C(=O)NC2CCN(C)CC2)ccc1Nc1ncc(C(F)(F)F)c(Oc2cccc3c2C(=O)NCC3)n1. The molecule has 2 aromatic carbocycles. The smallest absolute Gasteiger partial charge is 0.423 e. The number of carbonyl (C=O) groups is 2. The zero-order valence-corrected chi connectivity index (χ0v) is 22.5. The largest absolute Gasteiger partial charge is 0.495 e. The second-order valence-corrected chi connectivity index (χ2v) is 9.90. The Labute approximate surface area is 234 Å². The molecule has 0 unspecified atom stereocenters. The van der Waals surface area contributed by atoms with Crippen LogP contribution < -0.4 is 25.4 Å². The first kappa shape index (κ1) is 28.1. The fourth-order valence-electron chi connectivity index (χ4n) is 4.81. The average molecular weight is 571 g/mol. The highest BCUT2D eigenvalue weighted by molar-refractivity contribution is 5.99. The molecule has 10 nitrogen and oxygen atoms in total. The fourth-order valence-corrected chi connectivity index (χ4v) is 4.81. The molecule has 5 rings (SSSR count). The number of halogens is 3. The molecule has 1 fully saturated rings. The minimum absolute atomic E-state index is 0.0487. The van der Waals surface area contributed by atoms with Crippen LogP contribution in [-0.4, -0.2) is 66.5 Å². The minimum Gasteiger partial charge on any atom is -0.495 e. The predicted molar refractivity (Wildman–Crippen MR) is 144 cm³/mol. The molecule has 0 bridgehead atoms. The first-order valence-electron chi connectivity index (χ1n) is 13.1. The quantitative estimate of drug-likeness (QED) is 0.388. The summed E-state index contributed by atoms with van der Waals surface area (Å²) in [6, 6.07) is 9.48. The molecule has 3 heterocycles. The van der Waals surface area contributed by atoms with Gasteiger partial charge in [0.1, 0.15) is 17.1 Å². The van der Waals surface area contributed by atoms with Crippen LogP contribution in [0.1, 0.15) is 44.7 Å². The number of amides is 2. The van der Waals surface area contributed by atoms with E-state index in [9.17, 15) is 22.8 Å². The van der Waals surface area contributed by atoms with Crippen LogP contribution in [0.5, 0.6) is 17.4 Å². The van der Waals surface area contributed by atoms with Crippen molar-refractivity contribution in [3.8, 4) is 17.4 Å². The van der Waals surface area contributed by atoms with Crippen LogP contribution in [0.2, 0.25) is 0 Å². The van der Waals surface area contributed by atoms with Crippen molar-refractivity contribution >= 4 is 23.5 Å². The lowest BCUT2D eigenvalue weighted by Crippen LogP contribution is -2.43. The highest BCUT2D eigenvalue weighted by Gasteiger charge is 2.37. The lowest BCUT2D eigenvalue weighted by atomic mass is 9.99. The number of ether oxygens (including phenoxy) is 2. The van der Waals surface area contributed by atoms with Crippen LogP contribution in [0.3, 0.4) is 0 Å². The average Bonchev–Trinajstić information content (AvgIpc) is 2.94. The van der Waals surface area contributed by atoms with Gasteiger partial charge in [0.25, 0.3) is 11.8 Å². The molecule has 2 aliphatic rings. The van der Waals surface area contributed by atoms with E-state index in [1.807, 2.05) is 7.05 Å². The third-order valence-corrected chi connectivity index (χ3v) is 7.05. The van der Waals surface area contributed by atoms with Crippen molar-refractivity contribution in [3.63, 3.8) is 0 Å². The van der Waals surface area contributed by atoms with E-state index in [-0.39, 0.29) is 35.0 Å². The molecule has 13 heteroatoms. The highest BCUT2D eigenvalue weighted by atomic mass is 19.4. The van der Waals surface area contributed by atoms with E-state index >= 15 is 0 Å². The molecule has 3 N–H and O–H groups in total. The van der Waals surface area contributed by atoms with Crippen LogP contribution in [0.25, 0.3) is 0 Å². The van der Waals surface area contributed by atoms with Crippen LogP contribution >= 0.6 is 0 Å². The van der Waals surface area contributed by atoms with Gasteiger partial charge in [-0.3, -0.25) is 9.59 Å². The molecule has 3 aromatic rings. The Kier molecular flexibility index (Phi) is 7.97. The fraction of sp³-hybridized carbons (Fsp3) is 0.357. The number of fused-ring (bicyclic) bond motifs is 1. The summed E-state index contributed by atoms with van der Waals surface area (Å²) in [6.45, 7) is 2.22. The number of anilines is 2. The van der Waals surface area contributed by atoms with Crippen molar-refractivity contribution in [2.45, 2.75) is 31.5 Å². The second-order valence-electron chi connectivity index (χ2n) is 9.90. The van der Waals surface area contributed by atoms with Gasteiger partial charge in [-0.1, -0.05) is 12.1 Å². The van der Waals surface area contributed by atoms with Crippen molar-refractivity contribution < 1.29 is 32.2 Å². The van der Waals surface area contributed by atoms with Gasteiger partial charge in [0, 0.05) is 24.3 Å². The van der Waals surface area contributed by atoms with E-state index in [0.29, 0.717) is 36.0 Å². The van der Waals surface area contributed by atoms with Gasteiger partial charge in [-0.05, 0) is 69.2 Å². The molecule has 41 heavy (non-hydrogen) atoms. The molecular formula is C28H29F3N6O4. The van der Waals surface area contributed by atoms with Crippen LogP contribution in [0.15, 0.2) is 42.6 Å². The normalized spacial score (nSPS) is 16.0. The number of piperidine rings is 1. The molecule has 1 aromatic heterocycles. The maximum atomic E-state index is 13.8. The van der Waals surface area contributed by atoms with Gasteiger partial charge in [-0.25, -0.2) is 4.98 Å². The molecular weight excluding hydrogens is 541 g/mol. The number of likely N-dealkylation sites (tertiary alicyclic amines) is 1. The number of nitrogens with zero attached hydrogens (tertiary/aromatic N) is 3. The number of benzene rings is 2. The summed E-state index contributed by atoms with van der Waals surface area (Å²) in [7, 11) is 3.45. The Hall–Kier alpha value is -4.39. The molecule has 2 amide bonds. The minimum atomic E-state index is -4.81. The van der Waals surface area contributed by atoms with Gasteiger partial charge in [0.15, 0.2) is 0 Å². The summed E-state index contributed by atoms with van der Waals surface area (Å²) in [5.74, 6) is -1.44. The molecule has 0 aliphatic carbocycles. The second kappa shape index (κ2) is 11.6. The van der Waals surface area contributed by atoms with E-state index in [1.54, 1.807) is 24.3 Å². The van der Waals surface area contributed by atoms with E-state index < -0.39 is 23.5 Å². The van der Waals surface area contributed by atoms with Gasteiger partial charge in [0.2, 0.25) is 11.8 Å². The third kappa shape index (κ3) is 6.35. The Morgan fingerprint density at radius 1 is 1.15 bits per heavy atom. The lowest BCUT2D eigenvalue weighted by Gasteiger charge is -2.29. The molecule has 2 aliphatic heterocycles. The maximum Gasteiger partial charge on any atom is 0.423 e. The summed E-state index contributed by atoms with van der Waals surface area (Å²) >= 11 is 0. The van der Waals surface area contributed by atoms with Gasteiger partial charge in [0.05, 0.1) is 18.4 Å². The zero-order valence-electron chi connectivity index (χ0n) is 22.5. The summed E-state index contributed by atoms with van der Waals surface area (Å²) in [6.07, 6.45) is -1.98. The van der Waals surface area contributed by atoms with Crippen molar-refractivity contribution in [2.75, 3.05) is 39.1 Å². The summed E-state index contributed by atoms with van der Waals surface area (Å²) < 4.78 is 52.5. The van der Waals surface area contributed by atoms with E-state index in [2.05, 4.69) is 30.8 Å². The summed E-state index contributed by atoms with van der Waals surface area (Å²) in [5.41, 5.74) is 0.318. The first-order valence-corrected chi connectivity index (χ1v) is 13.1. The van der Waals surface area contributed by atoms with Gasteiger partial charge < -0.3 is 30.3 Å². The third-order valence-electron chi connectivity index (χ3n) is 7.05. The Morgan fingerprint density at radius 3 is 2.66 bits per heavy atom. The number of alkyl halides is 3. The molecule has 0 atom stereocenters. The number of rotatable bonds is 7. The zero-order chi connectivity index (χ0) is 29.1. The predicted octanol–water partition coefficient (Wildman–Crippen LogP) is 4.15. The molecule has 0 saturated carbocycles. The Bertz CT molecular complexity index is 1460.